The quantitative estimate of drug-likeness (QED) is 0.432. The maximum atomic E-state index is 10.0. The van der Waals surface area contributed by atoms with E-state index in [2.05, 4.69) is 5.11 Å². The second kappa shape index (κ2) is 2.35. The molecule has 0 bridgehead atoms. The molecule has 0 fully saturated rings. The maximum Gasteiger partial charge on any atom is 0.149 e. The number of aldehydes is 1. The summed E-state index contributed by atoms with van der Waals surface area (Å²) < 4.78 is 0. The lowest BCUT2D eigenvalue weighted by Gasteiger charge is -1.87. The summed E-state index contributed by atoms with van der Waals surface area (Å²) in [5.41, 5.74) is 7.19. The molecule has 1 rings (SSSR count). The van der Waals surface area contributed by atoms with Crippen molar-refractivity contribution >= 4 is 6.29 Å². The lowest BCUT2D eigenvalue weighted by molar-refractivity contribution is -0.104. The standard InChI is InChI=1S/C6H6N2O/c7-8-6-2-1-5(3-6)4-9/h1-4,6-7H. The van der Waals surface area contributed by atoms with Crippen LogP contribution in [-0.2, 0) is 4.79 Å². The smallest absolute Gasteiger partial charge is 0.149 e. The van der Waals surface area contributed by atoms with E-state index in [9.17, 15) is 4.79 Å². The molecule has 0 saturated carbocycles. The number of rotatable bonds is 2. The van der Waals surface area contributed by atoms with Gasteiger partial charge in [-0.1, -0.05) is 12.2 Å². The van der Waals surface area contributed by atoms with Crippen LogP contribution < -0.4 is 0 Å². The monoisotopic (exact) mass is 122 g/mol. The van der Waals surface area contributed by atoms with E-state index in [0.717, 1.165) is 6.29 Å². The minimum atomic E-state index is -0.204. The van der Waals surface area contributed by atoms with Crippen LogP contribution in [0.2, 0.25) is 0 Å². The summed E-state index contributed by atoms with van der Waals surface area (Å²) in [7, 11) is 0. The Kier molecular flexibility index (Phi) is 1.53. The zero-order valence-electron chi connectivity index (χ0n) is 4.74. The molecule has 0 aromatic heterocycles. The van der Waals surface area contributed by atoms with Crippen molar-refractivity contribution < 1.29 is 4.79 Å². The molecular formula is C6H6N2O. The summed E-state index contributed by atoms with van der Waals surface area (Å²) in [6, 6.07) is -0.204. The highest BCUT2D eigenvalue weighted by atomic mass is 16.1. The number of nitrogens with zero attached hydrogens (tertiary/aromatic N) is 1. The van der Waals surface area contributed by atoms with Gasteiger partial charge in [-0.3, -0.25) is 4.79 Å². The summed E-state index contributed by atoms with van der Waals surface area (Å²) in [4.78, 5) is 10.0. The van der Waals surface area contributed by atoms with Crippen molar-refractivity contribution in [2.45, 2.75) is 6.04 Å². The van der Waals surface area contributed by atoms with E-state index < -0.39 is 0 Å². The normalized spacial score (nSPS) is 23.6. The molecule has 0 aromatic rings. The van der Waals surface area contributed by atoms with E-state index >= 15 is 0 Å². The molecule has 0 aromatic carbocycles. The fourth-order valence-electron chi connectivity index (χ4n) is 0.677. The van der Waals surface area contributed by atoms with Crippen molar-refractivity contribution in [3.8, 4) is 0 Å². The molecule has 1 N–H and O–H groups in total. The van der Waals surface area contributed by atoms with Gasteiger partial charge in [-0.15, -0.1) is 0 Å². The number of allylic oxidation sites excluding steroid dienone is 2. The van der Waals surface area contributed by atoms with E-state index in [1.54, 1.807) is 18.2 Å². The van der Waals surface area contributed by atoms with Crippen molar-refractivity contribution in [3.05, 3.63) is 23.8 Å². The van der Waals surface area contributed by atoms with Crippen molar-refractivity contribution in [1.29, 1.82) is 5.53 Å². The molecule has 0 amide bonds. The first kappa shape index (κ1) is 5.88. The summed E-state index contributed by atoms with van der Waals surface area (Å²) in [6.45, 7) is 0. The minimum Gasteiger partial charge on any atom is -0.298 e. The molecule has 3 heteroatoms. The van der Waals surface area contributed by atoms with Gasteiger partial charge in [0.2, 0.25) is 0 Å². The van der Waals surface area contributed by atoms with Crippen LogP contribution >= 0.6 is 0 Å². The highest BCUT2D eigenvalue weighted by molar-refractivity contribution is 5.79. The zero-order valence-corrected chi connectivity index (χ0v) is 4.74. The van der Waals surface area contributed by atoms with Crippen molar-refractivity contribution in [1.82, 2.24) is 0 Å². The van der Waals surface area contributed by atoms with Crippen LogP contribution in [0.1, 0.15) is 0 Å². The Balaban J connectivity index is 2.72. The van der Waals surface area contributed by atoms with Gasteiger partial charge in [-0.25, -0.2) is 5.53 Å². The molecule has 46 valence electrons. The molecule has 1 unspecified atom stereocenters. The molecule has 1 aliphatic rings. The van der Waals surface area contributed by atoms with Crippen LogP contribution in [0.3, 0.4) is 0 Å². The Morgan fingerprint density at radius 3 is 2.89 bits per heavy atom. The Labute approximate surface area is 52.6 Å². The van der Waals surface area contributed by atoms with Gasteiger partial charge in [0.15, 0.2) is 0 Å². The lowest BCUT2D eigenvalue weighted by atomic mass is 10.3. The molecule has 0 heterocycles. The molecule has 9 heavy (non-hydrogen) atoms. The van der Waals surface area contributed by atoms with Gasteiger partial charge < -0.3 is 0 Å². The number of nitrogens with one attached hydrogen (secondary N) is 1. The van der Waals surface area contributed by atoms with Gasteiger partial charge in [0, 0.05) is 5.57 Å². The number of hydrogen-bond acceptors (Lipinski definition) is 3. The molecule has 0 aliphatic heterocycles. The predicted molar refractivity (Wildman–Crippen MR) is 32.2 cm³/mol. The summed E-state index contributed by atoms with van der Waals surface area (Å²) >= 11 is 0. The minimum absolute atomic E-state index is 0.204. The lowest BCUT2D eigenvalue weighted by Crippen LogP contribution is -1.87. The summed E-state index contributed by atoms with van der Waals surface area (Å²) in [6.07, 6.45) is 5.76. The second-order valence-corrected chi connectivity index (χ2v) is 1.76. The van der Waals surface area contributed by atoms with Gasteiger partial charge in [-0.05, 0) is 6.08 Å². The first-order chi connectivity index (χ1) is 4.36. The summed E-state index contributed by atoms with van der Waals surface area (Å²) in [5, 5.41) is 3.21. The first-order valence-corrected chi connectivity index (χ1v) is 2.58. The van der Waals surface area contributed by atoms with Gasteiger partial charge in [-0.2, -0.15) is 5.11 Å². The van der Waals surface area contributed by atoms with Gasteiger partial charge in [0.05, 0.1) is 0 Å². The van der Waals surface area contributed by atoms with Crippen LogP contribution in [0.15, 0.2) is 28.9 Å². The van der Waals surface area contributed by atoms with E-state index in [0.29, 0.717) is 5.57 Å². The molecule has 3 nitrogen and oxygen atoms in total. The van der Waals surface area contributed by atoms with Crippen LogP contribution in [0.5, 0.6) is 0 Å². The fourth-order valence-corrected chi connectivity index (χ4v) is 0.677. The third-order valence-corrected chi connectivity index (χ3v) is 1.13. The molecule has 1 atom stereocenters. The van der Waals surface area contributed by atoms with Crippen LogP contribution in [0, 0.1) is 5.53 Å². The van der Waals surface area contributed by atoms with E-state index in [-0.39, 0.29) is 6.04 Å². The molecule has 0 saturated heterocycles. The van der Waals surface area contributed by atoms with E-state index in [1.165, 1.54) is 0 Å². The van der Waals surface area contributed by atoms with Crippen LogP contribution in [0.25, 0.3) is 0 Å². The topological polar surface area (TPSA) is 53.3 Å². The van der Waals surface area contributed by atoms with Crippen LogP contribution in [0.4, 0.5) is 0 Å². The SMILES string of the molecule is N=NC1C=CC(C=O)=C1. The average molecular weight is 122 g/mol. The number of carbonyl (C=O) groups is 1. The molecule has 1 aliphatic carbocycles. The van der Waals surface area contributed by atoms with E-state index in [4.69, 9.17) is 5.53 Å². The van der Waals surface area contributed by atoms with Crippen molar-refractivity contribution in [2.75, 3.05) is 0 Å². The number of carbonyl (C=O) groups excluding carboxylic acids is 1. The zero-order chi connectivity index (χ0) is 6.69. The third kappa shape index (κ3) is 1.10. The predicted octanol–water partition coefficient (Wildman–Crippen LogP) is 1.08. The second-order valence-electron chi connectivity index (χ2n) is 1.76. The molecule has 0 radical (unpaired) electrons. The summed E-state index contributed by atoms with van der Waals surface area (Å²) in [5.74, 6) is 0. The fraction of sp³-hybridized carbons (Fsp3) is 0.167. The Morgan fingerprint density at radius 1 is 1.78 bits per heavy atom. The Morgan fingerprint density at radius 2 is 2.56 bits per heavy atom. The van der Waals surface area contributed by atoms with E-state index in [1.807, 2.05) is 0 Å². The average Bonchev–Trinajstić information content (AvgIpc) is 2.34. The van der Waals surface area contributed by atoms with Gasteiger partial charge in [0.1, 0.15) is 12.3 Å². The van der Waals surface area contributed by atoms with Crippen molar-refractivity contribution in [3.63, 3.8) is 0 Å². The van der Waals surface area contributed by atoms with Crippen LogP contribution in [-0.4, -0.2) is 12.3 Å². The Bertz CT molecular complexity index is 193. The van der Waals surface area contributed by atoms with Crippen molar-refractivity contribution in [2.24, 2.45) is 5.11 Å². The first-order valence-electron chi connectivity index (χ1n) is 2.58. The highest BCUT2D eigenvalue weighted by Gasteiger charge is 2.05. The Hall–Kier alpha value is -1.25. The van der Waals surface area contributed by atoms with Gasteiger partial charge >= 0.3 is 0 Å². The maximum absolute atomic E-state index is 10.0. The number of hydrogen-bond donors (Lipinski definition) is 1. The molecular weight excluding hydrogens is 116 g/mol. The largest absolute Gasteiger partial charge is 0.298 e. The molecule has 0 spiro atoms. The third-order valence-electron chi connectivity index (χ3n) is 1.13. The highest BCUT2D eigenvalue weighted by Crippen LogP contribution is 2.09. The van der Waals surface area contributed by atoms with Gasteiger partial charge in [0.25, 0.3) is 0 Å².